The predicted octanol–water partition coefficient (Wildman–Crippen LogP) is 3.97. The molecule has 0 amide bonds. The van der Waals surface area contributed by atoms with Gasteiger partial charge >= 0.3 is 0 Å². The van der Waals surface area contributed by atoms with E-state index in [1.807, 2.05) is 49.5 Å². The molecule has 0 aliphatic rings. The minimum Gasteiger partial charge on any atom is -0.508 e. The van der Waals surface area contributed by atoms with Crippen LogP contribution in [-0.4, -0.2) is 23.9 Å². The highest BCUT2D eigenvalue weighted by atomic mass is 35.5. The third-order valence-corrected chi connectivity index (χ3v) is 4.49. The van der Waals surface area contributed by atoms with E-state index in [1.165, 1.54) is 4.90 Å². The predicted molar refractivity (Wildman–Crippen MR) is 86.8 cm³/mol. The van der Waals surface area contributed by atoms with Crippen LogP contribution in [0.2, 0.25) is 5.02 Å². The lowest BCUT2D eigenvalue weighted by molar-refractivity contribution is 0.474. The van der Waals surface area contributed by atoms with E-state index in [9.17, 15) is 5.11 Å². The quantitative estimate of drug-likeness (QED) is 0.792. The Morgan fingerprint density at radius 2 is 1.95 bits per heavy atom. The summed E-state index contributed by atoms with van der Waals surface area (Å²) in [6.45, 7) is 0. The van der Waals surface area contributed by atoms with Gasteiger partial charge in [-0.05, 0) is 55.4 Å². The summed E-state index contributed by atoms with van der Waals surface area (Å²) in [5, 5.41) is 13.6. The van der Waals surface area contributed by atoms with E-state index in [2.05, 4.69) is 5.32 Å². The first kappa shape index (κ1) is 15.2. The first-order chi connectivity index (χ1) is 9.67. The maximum Gasteiger partial charge on any atom is 0.115 e. The largest absolute Gasteiger partial charge is 0.508 e. The average molecular weight is 308 g/mol. The lowest BCUT2D eigenvalue weighted by atomic mass is 10.1. The number of hydrogen-bond donors (Lipinski definition) is 2. The van der Waals surface area contributed by atoms with Gasteiger partial charge in [-0.25, -0.2) is 0 Å². The van der Waals surface area contributed by atoms with Gasteiger partial charge in [-0.15, -0.1) is 11.8 Å². The van der Waals surface area contributed by atoms with Crippen molar-refractivity contribution in [1.29, 1.82) is 0 Å². The molecule has 2 rings (SSSR count). The van der Waals surface area contributed by atoms with E-state index in [0.29, 0.717) is 11.8 Å². The second-order valence-electron chi connectivity index (χ2n) is 4.62. The molecule has 1 atom stereocenters. The normalized spacial score (nSPS) is 12.3. The number of phenols is 1. The highest BCUT2D eigenvalue weighted by molar-refractivity contribution is 7.99. The SMILES string of the molecule is CNC(CSc1ccc(Cl)cc1)Cc1cccc(O)c1. The molecule has 0 radical (unpaired) electrons. The molecule has 20 heavy (non-hydrogen) atoms. The third-order valence-electron chi connectivity index (χ3n) is 3.07. The van der Waals surface area contributed by atoms with Crippen LogP contribution in [0.5, 0.6) is 5.75 Å². The molecule has 0 aliphatic carbocycles. The van der Waals surface area contributed by atoms with Crippen molar-refractivity contribution < 1.29 is 5.11 Å². The zero-order valence-corrected chi connectivity index (χ0v) is 12.9. The maximum absolute atomic E-state index is 9.49. The Balaban J connectivity index is 1.90. The van der Waals surface area contributed by atoms with Gasteiger partial charge in [0.1, 0.15) is 5.75 Å². The smallest absolute Gasteiger partial charge is 0.115 e. The first-order valence-corrected chi connectivity index (χ1v) is 7.87. The minimum atomic E-state index is 0.322. The fraction of sp³-hybridized carbons (Fsp3) is 0.250. The van der Waals surface area contributed by atoms with Crippen LogP contribution in [0.1, 0.15) is 5.56 Å². The second kappa shape index (κ2) is 7.58. The van der Waals surface area contributed by atoms with Gasteiger partial charge in [-0.2, -0.15) is 0 Å². The van der Waals surface area contributed by atoms with Crippen LogP contribution >= 0.6 is 23.4 Å². The molecule has 0 aliphatic heterocycles. The number of benzene rings is 2. The van der Waals surface area contributed by atoms with Crippen molar-refractivity contribution in [2.45, 2.75) is 17.4 Å². The lowest BCUT2D eigenvalue weighted by Crippen LogP contribution is -2.30. The van der Waals surface area contributed by atoms with Gasteiger partial charge in [-0.3, -0.25) is 0 Å². The van der Waals surface area contributed by atoms with Crippen molar-refractivity contribution in [2.24, 2.45) is 0 Å². The fourth-order valence-electron chi connectivity index (χ4n) is 1.94. The maximum atomic E-state index is 9.49. The van der Waals surface area contributed by atoms with Crippen LogP contribution in [0.25, 0.3) is 0 Å². The van der Waals surface area contributed by atoms with E-state index < -0.39 is 0 Å². The highest BCUT2D eigenvalue weighted by Crippen LogP contribution is 2.22. The van der Waals surface area contributed by atoms with Crippen molar-refractivity contribution >= 4 is 23.4 Å². The number of phenolic OH excluding ortho intramolecular Hbond substituents is 1. The molecule has 2 nitrogen and oxygen atoms in total. The molecule has 0 saturated carbocycles. The molecule has 0 aromatic heterocycles. The minimum absolute atomic E-state index is 0.322. The van der Waals surface area contributed by atoms with Gasteiger partial charge in [-0.1, -0.05) is 23.7 Å². The van der Waals surface area contributed by atoms with E-state index >= 15 is 0 Å². The number of aromatic hydroxyl groups is 1. The monoisotopic (exact) mass is 307 g/mol. The molecule has 0 bridgehead atoms. The van der Waals surface area contributed by atoms with Crippen LogP contribution in [0.4, 0.5) is 0 Å². The van der Waals surface area contributed by atoms with Gasteiger partial charge in [0.05, 0.1) is 0 Å². The zero-order chi connectivity index (χ0) is 14.4. The summed E-state index contributed by atoms with van der Waals surface area (Å²) in [6.07, 6.45) is 0.894. The molecule has 0 spiro atoms. The molecule has 106 valence electrons. The molecule has 0 heterocycles. The summed E-state index contributed by atoms with van der Waals surface area (Å²) in [4.78, 5) is 1.21. The summed E-state index contributed by atoms with van der Waals surface area (Å²) in [5.41, 5.74) is 1.14. The van der Waals surface area contributed by atoms with Gasteiger partial charge in [0, 0.05) is 21.7 Å². The van der Waals surface area contributed by atoms with E-state index in [4.69, 9.17) is 11.6 Å². The van der Waals surface area contributed by atoms with Crippen molar-refractivity contribution in [2.75, 3.05) is 12.8 Å². The summed E-state index contributed by atoms with van der Waals surface area (Å²) < 4.78 is 0. The van der Waals surface area contributed by atoms with Crippen LogP contribution in [0.3, 0.4) is 0 Å². The molecule has 1 unspecified atom stereocenters. The van der Waals surface area contributed by atoms with Gasteiger partial charge in [0.15, 0.2) is 0 Å². The summed E-state index contributed by atoms with van der Waals surface area (Å²) in [7, 11) is 1.97. The molecule has 0 saturated heterocycles. The molecular weight excluding hydrogens is 290 g/mol. The van der Waals surface area contributed by atoms with Gasteiger partial charge in [0.25, 0.3) is 0 Å². The number of hydrogen-bond acceptors (Lipinski definition) is 3. The molecule has 0 fully saturated rings. The Morgan fingerprint density at radius 3 is 2.60 bits per heavy atom. The molecular formula is C16H18ClNOS. The third kappa shape index (κ3) is 4.75. The van der Waals surface area contributed by atoms with Crippen molar-refractivity contribution in [1.82, 2.24) is 5.32 Å². The standard InChI is InChI=1S/C16H18ClNOS/c1-18-14(9-12-3-2-4-15(19)10-12)11-20-16-7-5-13(17)6-8-16/h2-8,10,14,18-19H,9,11H2,1H3. The van der Waals surface area contributed by atoms with Crippen LogP contribution < -0.4 is 5.32 Å². The van der Waals surface area contributed by atoms with E-state index in [0.717, 1.165) is 22.8 Å². The molecule has 2 aromatic rings. The van der Waals surface area contributed by atoms with Crippen molar-refractivity contribution in [3.8, 4) is 5.75 Å². The number of rotatable bonds is 6. The fourth-order valence-corrected chi connectivity index (χ4v) is 3.07. The highest BCUT2D eigenvalue weighted by Gasteiger charge is 2.08. The summed E-state index contributed by atoms with van der Waals surface area (Å²) >= 11 is 7.68. The summed E-state index contributed by atoms with van der Waals surface area (Å²) in [6, 6.07) is 15.7. The topological polar surface area (TPSA) is 32.3 Å². The van der Waals surface area contributed by atoms with Crippen LogP contribution in [0, 0.1) is 0 Å². The molecule has 4 heteroatoms. The number of thioether (sulfide) groups is 1. The Morgan fingerprint density at radius 1 is 1.20 bits per heavy atom. The molecule has 2 N–H and O–H groups in total. The second-order valence-corrected chi connectivity index (χ2v) is 6.15. The number of likely N-dealkylation sites (N-methyl/N-ethyl adjacent to an activating group) is 1. The Kier molecular flexibility index (Phi) is 5.77. The lowest BCUT2D eigenvalue weighted by Gasteiger charge is -2.16. The average Bonchev–Trinajstić information content (AvgIpc) is 2.45. The molecule has 2 aromatic carbocycles. The number of halogens is 1. The first-order valence-electron chi connectivity index (χ1n) is 6.51. The van der Waals surface area contributed by atoms with E-state index in [-0.39, 0.29) is 0 Å². The van der Waals surface area contributed by atoms with Crippen molar-refractivity contribution in [3.05, 3.63) is 59.1 Å². The summed E-state index contributed by atoms with van der Waals surface area (Å²) in [5.74, 6) is 1.29. The van der Waals surface area contributed by atoms with Crippen LogP contribution in [0.15, 0.2) is 53.4 Å². The Hall–Kier alpha value is -1.16. The van der Waals surface area contributed by atoms with Crippen molar-refractivity contribution in [3.63, 3.8) is 0 Å². The Bertz CT molecular complexity index is 544. The van der Waals surface area contributed by atoms with E-state index in [1.54, 1.807) is 17.8 Å². The Labute approximate surface area is 129 Å². The van der Waals surface area contributed by atoms with Gasteiger partial charge in [0.2, 0.25) is 0 Å². The van der Waals surface area contributed by atoms with Gasteiger partial charge < -0.3 is 10.4 Å². The van der Waals surface area contributed by atoms with Crippen LogP contribution in [-0.2, 0) is 6.42 Å². The zero-order valence-electron chi connectivity index (χ0n) is 11.3. The number of nitrogens with one attached hydrogen (secondary N) is 1.